The van der Waals surface area contributed by atoms with Gasteiger partial charge in [0, 0.05) is 22.7 Å². The summed E-state index contributed by atoms with van der Waals surface area (Å²) in [6.45, 7) is 0. The molecule has 196 valence electrons. The molecular weight excluding hydrogens is 500 g/mol. The first-order chi connectivity index (χ1) is 20.4. The molecule has 6 aromatic rings. The molecule has 0 aliphatic carbocycles. The van der Waals surface area contributed by atoms with Crippen molar-refractivity contribution in [3.05, 3.63) is 170 Å². The van der Waals surface area contributed by atoms with Gasteiger partial charge in [-0.25, -0.2) is 0 Å². The lowest BCUT2D eigenvalue weighted by Gasteiger charge is -2.53. The highest BCUT2D eigenvalue weighted by Gasteiger charge is 2.64. The van der Waals surface area contributed by atoms with Gasteiger partial charge in [0.25, 0.3) is 5.91 Å². The third kappa shape index (κ3) is 3.34. The molecule has 1 spiro atoms. The zero-order valence-corrected chi connectivity index (χ0v) is 22.5. The molecule has 4 heteroatoms. The summed E-state index contributed by atoms with van der Waals surface area (Å²) < 4.78 is 0. The SMILES string of the molecule is c1ccc(N2c3ccccc3N(c3ccccc3)C23N(c2ccccc2)c2ccccc2N3c2ccccc2)cc1. The number of hydrogen-bond donors (Lipinski definition) is 0. The fourth-order valence-corrected chi connectivity index (χ4v) is 6.49. The van der Waals surface area contributed by atoms with Gasteiger partial charge in [-0.1, -0.05) is 97.1 Å². The zero-order chi connectivity index (χ0) is 27.2. The Balaban J connectivity index is 1.57. The molecule has 41 heavy (non-hydrogen) atoms. The molecule has 0 bridgehead atoms. The Morgan fingerprint density at radius 2 is 0.439 bits per heavy atom. The van der Waals surface area contributed by atoms with E-state index in [1.165, 1.54) is 0 Å². The normalized spacial score (nSPS) is 14.8. The number of fused-ring (bicyclic) bond motifs is 2. The maximum absolute atomic E-state index is 2.50. The van der Waals surface area contributed by atoms with Crippen molar-refractivity contribution in [1.29, 1.82) is 0 Å². The summed E-state index contributed by atoms with van der Waals surface area (Å²) in [5, 5.41) is 0. The molecule has 2 aliphatic rings. The lowest BCUT2D eigenvalue weighted by atomic mass is 10.2. The van der Waals surface area contributed by atoms with Gasteiger partial charge < -0.3 is 0 Å². The van der Waals surface area contributed by atoms with Crippen LogP contribution >= 0.6 is 0 Å². The molecule has 0 fully saturated rings. The van der Waals surface area contributed by atoms with Gasteiger partial charge in [0.05, 0.1) is 22.7 Å². The van der Waals surface area contributed by atoms with Gasteiger partial charge in [0.2, 0.25) is 0 Å². The van der Waals surface area contributed by atoms with Crippen LogP contribution in [0, 0.1) is 0 Å². The van der Waals surface area contributed by atoms with Crippen LogP contribution in [0.25, 0.3) is 0 Å². The third-order valence-electron chi connectivity index (χ3n) is 7.98. The molecule has 4 nitrogen and oxygen atoms in total. The minimum atomic E-state index is -0.876. The Morgan fingerprint density at radius 3 is 0.659 bits per heavy atom. The third-order valence-corrected chi connectivity index (χ3v) is 7.98. The maximum Gasteiger partial charge on any atom is 0.295 e. The second-order valence-electron chi connectivity index (χ2n) is 10.3. The predicted molar refractivity (Wildman–Crippen MR) is 170 cm³/mol. The lowest BCUT2D eigenvalue weighted by molar-refractivity contribution is 0.479. The topological polar surface area (TPSA) is 13.0 Å². The van der Waals surface area contributed by atoms with E-state index in [0.717, 1.165) is 45.5 Å². The lowest BCUT2D eigenvalue weighted by Crippen LogP contribution is -2.70. The van der Waals surface area contributed by atoms with E-state index in [1.54, 1.807) is 0 Å². The van der Waals surface area contributed by atoms with E-state index in [2.05, 4.69) is 189 Å². The fourth-order valence-electron chi connectivity index (χ4n) is 6.49. The molecule has 0 unspecified atom stereocenters. The number of anilines is 8. The summed E-state index contributed by atoms with van der Waals surface area (Å²) in [6, 6.07) is 60.5. The summed E-state index contributed by atoms with van der Waals surface area (Å²) in [7, 11) is 0. The molecule has 0 N–H and O–H groups in total. The molecule has 8 rings (SSSR count). The Hall–Kier alpha value is -5.48. The van der Waals surface area contributed by atoms with Crippen molar-refractivity contribution in [1.82, 2.24) is 0 Å². The molecule has 6 aromatic carbocycles. The van der Waals surface area contributed by atoms with Gasteiger partial charge in [-0.3, -0.25) is 19.6 Å². The van der Waals surface area contributed by atoms with E-state index in [1.807, 2.05) is 0 Å². The van der Waals surface area contributed by atoms with Crippen LogP contribution in [0.4, 0.5) is 45.5 Å². The van der Waals surface area contributed by atoms with Gasteiger partial charge in [0.15, 0.2) is 0 Å². The van der Waals surface area contributed by atoms with Crippen LogP contribution in [0.15, 0.2) is 170 Å². The van der Waals surface area contributed by atoms with Crippen molar-refractivity contribution in [2.75, 3.05) is 19.6 Å². The van der Waals surface area contributed by atoms with E-state index in [4.69, 9.17) is 0 Å². The van der Waals surface area contributed by atoms with Crippen molar-refractivity contribution in [3.63, 3.8) is 0 Å². The molecule has 0 atom stereocenters. The van der Waals surface area contributed by atoms with E-state index >= 15 is 0 Å². The number of rotatable bonds is 4. The van der Waals surface area contributed by atoms with E-state index in [9.17, 15) is 0 Å². The molecule has 0 aromatic heterocycles. The highest BCUT2D eigenvalue weighted by molar-refractivity contribution is 6.02. The average molecular weight is 529 g/mol. The maximum atomic E-state index is 2.50. The second-order valence-corrected chi connectivity index (χ2v) is 10.3. The number of hydrogen-bond acceptors (Lipinski definition) is 4. The van der Waals surface area contributed by atoms with Crippen molar-refractivity contribution < 1.29 is 0 Å². The second kappa shape index (κ2) is 9.32. The minimum absolute atomic E-state index is 0.876. The fraction of sp³-hybridized carbons (Fsp3) is 0.0270. The van der Waals surface area contributed by atoms with E-state index in [-0.39, 0.29) is 0 Å². The van der Waals surface area contributed by atoms with Gasteiger partial charge >= 0.3 is 0 Å². The van der Waals surface area contributed by atoms with Crippen molar-refractivity contribution >= 4 is 45.5 Å². The zero-order valence-electron chi connectivity index (χ0n) is 22.5. The summed E-state index contributed by atoms with van der Waals surface area (Å²) >= 11 is 0. The molecule has 0 radical (unpaired) electrons. The first-order valence-corrected chi connectivity index (χ1v) is 14.0. The largest absolute Gasteiger partial charge is 0.295 e. The Morgan fingerprint density at radius 1 is 0.244 bits per heavy atom. The van der Waals surface area contributed by atoms with Crippen molar-refractivity contribution in [3.8, 4) is 0 Å². The van der Waals surface area contributed by atoms with Gasteiger partial charge in [-0.2, -0.15) is 0 Å². The van der Waals surface area contributed by atoms with Gasteiger partial charge in [0.1, 0.15) is 0 Å². The van der Waals surface area contributed by atoms with Crippen LogP contribution in [0.2, 0.25) is 0 Å². The molecule has 2 aliphatic heterocycles. The molecule has 0 amide bonds. The van der Waals surface area contributed by atoms with Crippen LogP contribution in [0.5, 0.6) is 0 Å². The van der Waals surface area contributed by atoms with Crippen molar-refractivity contribution in [2.24, 2.45) is 0 Å². The number of benzene rings is 6. The first-order valence-electron chi connectivity index (χ1n) is 14.0. The van der Waals surface area contributed by atoms with Crippen LogP contribution < -0.4 is 19.6 Å². The quantitative estimate of drug-likeness (QED) is 0.226. The van der Waals surface area contributed by atoms with Crippen molar-refractivity contribution in [2.45, 2.75) is 5.91 Å². The molecule has 0 saturated carbocycles. The Labute approximate surface area is 240 Å². The minimum Gasteiger partial charge on any atom is -0.280 e. The summed E-state index contributed by atoms with van der Waals surface area (Å²) in [5.74, 6) is -0.876. The number of nitrogens with zero attached hydrogens (tertiary/aromatic N) is 4. The summed E-state index contributed by atoms with van der Waals surface area (Å²) in [6.07, 6.45) is 0. The predicted octanol–water partition coefficient (Wildman–Crippen LogP) is 9.58. The molecule has 0 saturated heterocycles. The van der Waals surface area contributed by atoms with E-state index < -0.39 is 5.91 Å². The highest BCUT2D eigenvalue weighted by atomic mass is 15.8. The molecular formula is C37H28N4. The Kier molecular flexibility index (Phi) is 5.32. The Bertz CT molecular complexity index is 1530. The smallest absolute Gasteiger partial charge is 0.280 e. The van der Waals surface area contributed by atoms with Crippen LogP contribution in [-0.2, 0) is 0 Å². The van der Waals surface area contributed by atoms with Crippen LogP contribution in [0.3, 0.4) is 0 Å². The highest BCUT2D eigenvalue weighted by Crippen LogP contribution is 2.64. The summed E-state index contributed by atoms with van der Waals surface area (Å²) in [4.78, 5) is 9.98. The van der Waals surface area contributed by atoms with E-state index in [0.29, 0.717) is 0 Å². The summed E-state index contributed by atoms with van der Waals surface area (Å²) in [5.41, 5.74) is 8.96. The van der Waals surface area contributed by atoms with Crippen LogP contribution in [0.1, 0.15) is 0 Å². The molecule has 2 heterocycles. The first kappa shape index (κ1) is 23.4. The number of para-hydroxylation sites is 8. The van der Waals surface area contributed by atoms with Gasteiger partial charge in [-0.15, -0.1) is 0 Å². The monoisotopic (exact) mass is 528 g/mol. The standard InChI is InChI=1S/C37H28N4/c1-5-17-29(18-6-1)38-33-25-13-14-26-34(33)39(30-19-7-2-8-20-30)37(38)40(31-21-9-3-10-22-31)35-27-15-16-28-36(35)41(37)32-23-11-4-12-24-32/h1-28H. The van der Waals surface area contributed by atoms with Crippen LogP contribution in [-0.4, -0.2) is 5.91 Å². The van der Waals surface area contributed by atoms with Gasteiger partial charge in [-0.05, 0) is 72.8 Å². The average Bonchev–Trinajstić information content (AvgIpc) is 3.51.